The lowest BCUT2D eigenvalue weighted by Crippen LogP contribution is -2.23. The number of hydrogen-bond acceptors (Lipinski definition) is 4. The van der Waals surface area contributed by atoms with Crippen molar-refractivity contribution in [2.75, 3.05) is 23.7 Å². The second-order valence-corrected chi connectivity index (χ2v) is 5.52. The van der Waals surface area contributed by atoms with Crippen molar-refractivity contribution in [3.05, 3.63) is 53.7 Å². The minimum atomic E-state index is -0.108. The van der Waals surface area contributed by atoms with Crippen LogP contribution in [-0.4, -0.2) is 24.0 Å². The van der Waals surface area contributed by atoms with Gasteiger partial charge in [0, 0.05) is 37.1 Å². The third-order valence-corrected chi connectivity index (χ3v) is 3.87. The van der Waals surface area contributed by atoms with Crippen LogP contribution in [0.1, 0.15) is 28.8 Å². The number of carbonyl (C=O) groups excluding carboxylic acids is 1. The van der Waals surface area contributed by atoms with E-state index in [1.54, 1.807) is 24.3 Å². The highest BCUT2D eigenvalue weighted by Gasteiger charge is 2.13. The number of benzene rings is 1. The molecule has 1 aliphatic heterocycles. The Balaban J connectivity index is 1.56. The van der Waals surface area contributed by atoms with Crippen LogP contribution in [0.5, 0.6) is 0 Å². The number of nitrogen functional groups attached to an aromatic ring is 1. The van der Waals surface area contributed by atoms with Crippen LogP contribution < -0.4 is 16.0 Å². The summed E-state index contributed by atoms with van der Waals surface area (Å²) in [6.07, 6.45) is 4.30. The minimum Gasteiger partial charge on any atom is -0.399 e. The fourth-order valence-electron chi connectivity index (χ4n) is 2.57. The number of anilines is 2. The summed E-state index contributed by atoms with van der Waals surface area (Å²) in [5, 5.41) is 2.89. The van der Waals surface area contributed by atoms with Gasteiger partial charge in [-0.3, -0.25) is 4.79 Å². The van der Waals surface area contributed by atoms with Crippen LogP contribution in [0, 0.1) is 0 Å². The van der Waals surface area contributed by atoms with E-state index in [2.05, 4.69) is 15.2 Å². The highest BCUT2D eigenvalue weighted by Crippen LogP contribution is 2.17. The molecule has 5 nitrogen and oxygen atoms in total. The van der Waals surface area contributed by atoms with Crippen LogP contribution in [0.2, 0.25) is 0 Å². The van der Waals surface area contributed by atoms with Gasteiger partial charge in [-0.15, -0.1) is 0 Å². The standard InChI is InChI=1S/C17H20N4O/c18-15-6-4-14(5-7-15)17(22)20-12-13-3-8-16(19-11-13)21-9-1-2-10-21/h3-8,11H,1-2,9-10,12,18H2,(H,20,22). The summed E-state index contributed by atoms with van der Waals surface area (Å²) in [5.74, 6) is 0.912. The van der Waals surface area contributed by atoms with E-state index in [-0.39, 0.29) is 5.91 Å². The Bertz CT molecular complexity index is 631. The van der Waals surface area contributed by atoms with E-state index >= 15 is 0 Å². The van der Waals surface area contributed by atoms with Gasteiger partial charge >= 0.3 is 0 Å². The van der Waals surface area contributed by atoms with Crippen LogP contribution in [0.4, 0.5) is 11.5 Å². The fraction of sp³-hybridized carbons (Fsp3) is 0.294. The quantitative estimate of drug-likeness (QED) is 0.848. The van der Waals surface area contributed by atoms with Crippen molar-refractivity contribution < 1.29 is 4.79 Å². The lowest BCUT2D eigenvalue weighted by molar-refractivity contribution is 0.0951. The summed E-state index contributed by atoms with van der Waals surface area (Å²) >= 11 is 0. The highest BCUT2D eigenvalue weighted by molar-refractivity contribution is 5.94. The number of nitrogens with zero attached hydrogens (tertiary/aromatic N) is 2. The molecule has 0 unspecified atom stereocenters. The Labute approximate surface area is 130 Å². The molecule has 1 fully saturated rings. The van der Waals surface area contributed by atoms with Gasteiger partial charge < -0.3 is 16.0 Å². The third-order valence-electron chi connectivity index (χ3n) is 3.87. The van der Waals surface area contributed by atoms with Crippen molar-refractivity contribution in [3.63, 3.8) is 0 Å². The first-order valence-corrected chi connectivity index (χ1v) is 7.56. The van der Waals surface area contributed by atoms with Gasteiger partial charge in [-0.1, -0.05) is 6.07 Å². The number of pyridine rings is 1. The van der Waals surface area contributed by atoms with Gasteiger partial charge in [0.1, 0.15) is 5.82 Å². The molecule has 1 aliphatic rings. The molecule has 1 aromatic heterocycles. The molecule has 114 valence electrons. The maximum Gasteiger partial charge on any atom is 0.251 e. The normalized spacial score (nSPS) is 14.1. The van der Waals surface area contributed by atoms with Crippen molar-refractivity contribution in [2.45, 2.75) is 19.4 Å². The Morgan fingerprint density at radius 3 is 2.50 bits per heavy atom. The number of amides is 1. The zero-order valence-electron chi connectivity index (χ0n) is 12.5. The zero-order chi connectivity index (χ0) is 15.4. The van der Waals surface area contributed by atoms with Crippen molar-refractivity contribution in [1.82, 2.24) is 10.3 Å². The average Bonchev–Trinajstić information content (AvgIpc) is 3.08. The van der Waals surface area contributed by atoms with Crippen molar-refractivity contribution >= 4 is 17.4 Å². The van der Waals surface area contributed by atoms with E-state index in [1.165, 1.54) is 12.8 Å². The zero-order valence-corrected chi connectivity index (χ0v) is 12.5. The average molecular weight is 296 g/mol. The summed E-state index contributed by atoms with van der Waals surface area (Å²) in [5.41, 5.74) is 7.86. The maximum absolute atomic E-state index is 12.0. The molecule has 0 spiro atoms. The summed E-state index contributed by atoms with van der Waals surface area (Å²) < 4.78 is 0. The van der Waals surface area contributed by atoms with Gasteiger partial charge in [0.25, 0.3) is 5.91 Å². The molecule has 0 atom stereocenters. The largest absolute Gasteiger partial charge is 0.399 e. The molecule has 22 heavy (non-hydrogen) atoms. The number of nitrogens with one attached hydrogen (secondary N) is 1. The molecular formula is C17H20N4O. The van der Waals surface area contributed by atoms with E-state index in [0.717, 1.165) is 24.5 Å². The Morgan fingerprint density at radius 2 is 1.86 bits per heavy atom. The lowest BCUT2D eigenvalue weighted by Gasteiger charge is -2.16. The predicted octanol–water partition coefficient (Wildman–Crippen LogP) is 2.19. The molecule has 5 heteroatoms. The topological polar surface area (TPSA) is 71.2 Å². The first kappa shape index (κ1) is 14.4. The first-order valence-electron chi connectivity index (χ1n) is 7.56. The molecule has 0 saturated carbocycles. The van der Waals surface area contributed by atoms with Crippen molar-refractivity contribution in [3.8, 4) is 0 Å². The number of hydrogen-bond donors (Lipinski definition) is 2. The third kappa shape index (κ3) is 3.36. The second-order valence-electron chi connectivity index (χ2n) is 5.52. The molecule has 1 aromatic carbocycles. The molecule has 2 aromatic rings. The van der Waals surface area contributed by atoms with Crippen molar-refractivity contribution in [2.24, 2.45) is 0 Å². The SMILES string of the molecule is Nc1ccc(C(=O)NCc2ccc(N3CCCC3)nc2)cc1. The van der Waals surface area contributed by atoms with Crippen LogP contribution in [0.15, 0.2) is 42.6 Å². The lowest BCUT2D eigenvalue weighted by atomic mass is 10.2. The predicted molar refractivity (Wildman–Crippen MR) is 87.7 cm³/mol. The van der Waals surface area contributed by atoms with Gasteiger partial charge in [-0.05, 0) is 48.7 Å². The monoisotopic (exact) mass is 296 g/mol. The Kier molecular flexibility index (Phi) is 4.23. The van der Waals surface area contributed by atoms with Crippen molar-refractivity contribution in [1.29, 1.82) is 0 Å². The Morgan fingerprint density at radius 1 is 1.14 bits per heavy atom. The van der Waals surface area contributed by atoms with E-state index in [0.29, 0.717) is 17.8 Å². The van der Waals surface area contributed by atoms with Gasteiger partial charge in [0.15, 0.2) is 0 Å². The molecule has 0 radical (unpaired) electrons. The van der Waals surface area contributed by atoms with E-state index < -0.39 is 0 Å². The number of carbonyl (C=O) groups is 1. The van der Waals surface area contributed by atoms with Crippen LogP contribution >= 0.6 is 0 Å². The summed E-state index contributed by atoms with van der Waals surface area (Å²) in [7, 11) is 0. The number of rotatable bonds is 4. The van der Waals surface area contributed by atoms with Crippen LogP contribution in [0.25, 0.3) is 0 Å². The molecule has 0 aliphatic carbocycles. The van der Waals surface area contributed by atoms with E-state index in [9.17, 15) is 4.79 Å². The van der Waals surface area contributed by atoms with Crippen LogP contribution in [0.3, 0.4) is 0 Å². The van der Waals surface area contributed by atoms with Gasteiger partial charge in [-0.25, -0.2) is 4.98 Å². The smallest absolute Gasteiger partial charge is 0.251 e. The van der Waals surface area contributed by atoms with Gasteiger partial charge in [0.2, 0.25) is 0 Å². The summed E-state index contributed by atoms with van der Waals surface area (Å²) in [6, 6.07) is 10.9. The van der Waals surface area contributed by atoms with E-state index in [1.807, 2.05) is 18.3 Å². The maximum atomic E-state index is 12.0. The van der Waals surface area contributed by atoms with Gasteiger partial charge in [-0.2, -0.15) is 0 Å². The minimum absolute atomic E-state index is 0.108. The fourth-order valence-corrected chi connectivity index (χ4v) is 2.57. The molecule has 2 heterocycles. The first-order chi connectivity index (χ1) is 10.7. The van der Waals surface area contributed by atoms with Crippen LogP contribution in [-0.2, 0) is 6.54 Å². The number of aromatic nitrogens is 1. The summed E-state index contributed by atoms with van der Waals surface area (Å²) in [4.78, 5) is 18.8. The molecule has 0 bridgehead atoms. The molecular weight excluding hydrogens is 276 g/mol. The molecule has 1 amide bonds. The highest BCUT2D eigenvalue weighted by atomic mass is 16.1. The second kappa shape index (κ2) is 6.47. The van der Waals surface area contributed by atoms with E-state index in [4.69, 9.17) is 5.73 Å². The number of nitrogens with two attached hydrogens (primary N) is 1. The summed E-state index contributed by atoms with van der Waals surface area (Å²) in [6.45, 7) is 2.64. The molecule has 3 rings (SSSR count). The molecule has 1 saturated heterocycles. The Hall–Kier alpha value is -2.56. The molecule has 3 N–H and O–H groups in total. The van der Waals surface area contributed by atoms with Gasteiger partial charge in [0.05, 0.1) is 0 Å².